The minimum absolute atomic E-state index is 0.287. The third-order valence-corrected chi connectivity index (χ3v) is 4.07. The van der Waals surface area contributed by atoms with Crippen LogP contribution < -0.4 is 5.32 Å². The third kappa shape index (κ3) is 3.28. The van der Waals surface area contributed by atoms with E-state index in [1.807, 2.05) is 6.92 Å². The van der Waals surface area contributed by atoms with Crippen molar-refractivity contribution in [3.05, 3.63) is 23.4 Å². The van der Waals surface area contributed by atoms with Crippen LogP contribution in [0.1, 0.15) is 26.2 Å². The van der Waals surface area contributed by atoms with Crippen molar-refractivity contribution in [3.8, 4) is 0 Å². The van der Waals surface area contributed by atoms with Crippen molar-refractivity contribution in [2.24, 2.45) is 17.8 Å². The molecule has 0 radical (unpaired) electrons. The van der Waals surface area contributed by atoms with Gasteiger partial charge in [0.15, 0.2) is 0 Å². The summed E-state index contributed by atoms with van der Waals surface area (Å²) < 4.78 is 0. The highest BCUT2D eigenvalue weighted by Crippen LogP contribution is 2.38. The number of amides is 1. The number of hydrogen-bond acceptors (Lipinski definition) is 3. The molecular weight excluding hydrogens is 280 g/mol. The van der Waals surface area contributed by atoms with E-state index in [0.717, 1.165) is 6.42 Å². The maximum atomic E-state index is 12.2. The molecule has 0 spiro atoms. The molecule has 1 fully saturated rings. The number of aromatic nitrogens is 1. The van der Waals surface area contributed by atoms with Crippen molar-refractivity contribution in [1.29, 1.82) is 0 Å². The molecule has 1 aliphatic rings. The zero-order valence-corrected chi connectivity index (χ0v) is 11.9. The van der Waals surface area contributed by atoms with Gasteiger partial charge in [-0.05, 0) is 30.9 Å². The van der Waals surface area contributed by atoms with E-state index in [4.69, 9.17) is 11.6 Å². The lowest BCUT2D eigenvalue weighted by atomic mass is 9.95. The van der Waals surface area contributed by atoms with Crippen LogP contribution in [-0.4, -0.2) is 22.0 Å². The van der Waals surface area contributed by atoms with E-state index in [0.29, 0.717) is 24.6 Å². The average molecular weight is 297 g/mol. The Labute approximate surface area is 122 Å². The van der Waals surface area contributed by atoms with Crippen molar-refractivity contribution in [1.82, 2.24) is 4.98 Å². The summed E-state index contributed by atoms with van der Waals surface area (Å²) in [7, 11) is 0. The molecule has 1 unspecified atom stereocenters. The molecule has 0 saturated heterocycles. The van der Waals surface area contributed by atoms with Gasteiger partial charge in [-0.15, -0.1) is 0 Å². The molecule has 2 N–H and O–H groups in total. The fourth-order valence-corrected chi connectivity index (χ4v) is 2.90. The highest BCUT2D eigenvalue weighted by atomic mass is 35.5. The Balaban J connectivity index is 2.09. The molecule has 1 heterocycles. The Kier molecular flexibility index (Phi) is 4.60. The van der Waals surface area contributed by atoms with Crippen LogP contribution in [0.2, 0.25) is 5.15 Å². The van der Waals surface area contributed by atoms with Crippen LogP contribution in [0.5, 0.6) is 0 Å². The number of carbonyl (C=O) groups excluding carboxylic acids is 1. The molecule has 0 aliphatic heterocycles. The van der Waals surface area contributed by atoms with E-state index < -0.39 is 17.8 Å². The Morgan fingerprint density at radius 1 is 1.40 bits per heavy atom. The summed E-state index contributed by atoms with van der Waals surface area (Å²) in [4.78, 5) is 27.5. The van der Waals surface area contributed by atoms with Gasteiger partial charge in [-0.25, -0.2) is 4.98 Å². The molecule has 2 rings (SSSR count). The standard InChI is InChI=1S/C14H17ClN2O3/c1-2-8-6-9(10(7-8)14(19)20)13(18)17-12-5-3-4-11(15)16-12/h3-5,8-10H,2,6-7H2,1H3,(H,19,20)(H,16,17,18)/t8?,9-,10+/m0/s1. The van der Waals surface area contributed by atoms with Gasteiger partial charge in [-0.1, -0.05) is 31.0 Å². The summed E-state index contributed by atoms with van der Waals surface area (Å²) in [5.41, 5.74) is 0. The van der Waals surface area contributed by atoms with Crippen LogP contribution >= 0.6 is 11.6 Å². The molecule has 1 amide bonds. The highest BCUT2D eigenvalue weighted by molar-refractivity contribution is 6.29. The Hall–Kier alpha value is -1.62. The summed E-state index contributed by atoms with van der Waals surface area (Å²) in [5, 5.41) is 12.2. The van der Waals surface area contributed by atoms with Gasteiger partial charge >= 0.3 is 5.97 Å². The predicted molar refractivity (Wildman–Crippen MR) is 75.5 cm³/mol. The minimum atomic E-state index is -0.903. The summed E-state index contributed by atoms with van der Waals surface area (Å²) >= 11 is 5.76. The summed E-state index contributed by atoms with van der Waals surface area (Å²) in [5.74, 6) is -1.66. The first-order chi connectivity index (χ1) is 9.51. The van der Waals surface area contributed by atoms with Crippen LogP contribution in [0.15, 0.2) is 18.2 Å². The van der Waals surface area contributed by atoms with E-state index in [2.05, 4.69) is 10.3 Å². The lowest BCUT2D eigenvalue weighted by molar-refractivity contribution is -0.145. The van der Waals surface area contributed by atoms with Gasteiger partial charge in [-0.2, -0.15) is 0 Å². The zero-order valence-electron chi connectivity index (χ0n) is 11.2. The topological polar surface area (TPSA) is 79.3 Å². The van der Waals surface area contributed by atoms with Gasteiger partial charge in [0.05, 0.1) is 11.8 Å². The first-order valence-corrected chi connectivity index (χ1v) is 7.05. The number of rotatable bonds is 4. The molecule has 0 bridgehead atoms. The number of halogens is 1. The Bertz CT molecular complexity index is 521. The van der Waals surface area contributed by atoms with E-state index in [-0.39, 0.29) is 11.1 Å². The minimum Gasteiger partial charge on any atom is -0.481 e. The summed E-state index contributed by atoms with van der Waals surface area (Å²) in [6.45, 7) is 2.02. The first kappa shape index (κ1) is 14.8. The zero-order chi connectivity index (χ0) is 14.7. The van der Waals surface area contributed by atoms with Gasteiger partial charge in [-0.3, -0.25) is 9.59 Å². The SMILES string of the molecule is CCC1C[C@H](C(=O)Nc2cccc(Cl)n2)[C@H](C(=O)O)C1. The van der Waals surface area contributed by atoms with Gasteiger partial charge in [0.1, 0.15) is 11.0 Å². The number of carboxylic acids is 1. The number of carbonyl (C=O) groups is 2. The molecule has 3 atom stereocenters. The second-order valence-corrected chi connectivity index (χ2v) is 5.52. The monoisotopic (exact) mass is 296 g/mol. The number of aliphatic carboxylic acids is 1. The van der Waals surface area contributed by atoms with E-state index in [1.54, 1.807) is 18.2 Å². The van der Waals surface area contributed by atoms with Crippen molar-refractivity contribution in [2.75, 3.05) is 5.32 Å². The van der Waals surface area contributed by atoms with Crippen LogP contribution in [0.3, 0.4) is 0 Å². The maximum absolute atomic E-state index is 12.2. The molecule has 5 nitrogen and oxygen atoms in total. The predicted octanol–water partition coefficient (Wildman–Crippen LogP) is 2.81. The van der Waals surface area contributed by atoms with Crippen molar-refractivity contribution >= 4 is 29.3 Å². The van der Waals surface area contributed by atoms with Crippen LogP contribution in [-0.2, 0) is 9.59 Å². The first-order valence-electron chi connectivity index (χ1n) is 6.67. The molecular formula is C14H17ClN2O3. The molecule has 1 aromatic rings. The highest BCUT2D eigenvalue weighted by Gasteiger charge is 2.42. The molecule has 1 aliphatic carbocycles. The van der Waals surface area contributed by atoms with Crippen LogP contribution in [0.25, 0.3) is 0 Å². The second-order valence-electron chi connectivity index (χ2n) is 5.13. The van der Waals surface area contributed by atoms with Crippen LogP contribution in [0, 0.1) is 17.8 Å². The molecule has 20 heavy (non-hydrogen) atoms. The normalized spacial score (nSPS) is 25.4. The lowest BCUT2D eigenvalue weighted by Crippen LogP contribution is -2.30. The molecule has 0 aromatic carbocycles. The van der Waals surface area contributed by atoms with Crippen molar-refractivity contribution in [2.45, 2.75) is 26.2 Å². The average Bonchev–Trinajstić information content (AvgIpc) is 2.83. The quantitative estimate of drug-likeness (QED) is 0.837. The number of nitrogens with zero attached hydrogens (tertiary/aromatic N) is 1. The van der Waals surface area contributed by atoms with Gasteiger partial charge < -0.3 is 10.4 Å². The summed E-state index contributed by atoms with van der Waals surface area (Å²) in [6.07, 6.45) is 2.07. The number of hydrogen-bond donors (Lipinski definition) is 2. The maximum Gasteiger partial charge on any atom is 0.307 e. The fourth-order valence-electron chi connectivity index (χ4n) is 2.74. The second kappa shape index (κ2) is 6.22. The lowest BCUT2D eigenvalue weighted by Gasteiger charge is -2.15. The molecule has 1 saturated carbocycles. The fraction of sp³-hybridized carbons (Fsp3) is 0.500. The Morgan fingerprint density at radius 2 is 2.10 bits per heavy atom. The van der Waals surface area contributed by atoms with Gasteiger partial charge in [0, 0.05) is 0 Å². The largest absolute Gasteiger partial charge is 0.481 e. The van der Waals surface area contributed by atoms with Gasteiger partial charge in [0.25, 0.3) is 0 Å². The summed E-state index contributed by atoms with van der Waals surface area (Å²) in [6, 6.07) is 4.93. The number of pyridine rings is 1. The van der Waals surface area contributed by atoms with E-state index in [9.17, 15) is 14.7 Å². The molecule has 6 heteroatoms. The molecule has 108 valence electrons. The third-order valence-electron chi connectivity index (χ3n) is 3.86. The van der Waals surface area contributed by atoms with E-state index in [1.165, 1.54) is 0 Å². The van der Waals surface area contributed by atoms with E-state index >= 15 is 0 Å². The smallest absolute Gasteiger partial charge is 0.307 e. The number of carboxylic acid groups (broad SMARTS) is 1. The number of nitrogens with one attached hydrogen (secondary N) is 1. The molecule has 1 aromatic heterocycles. The Morgan fingerprint density at radius 3 is 2.70 bits per heavy atom. The van der Waals surface area contributed by atoms with Crippen LogP contribution in [0.4, 0.5) is 5.82 Å². The van der Waals surface area contributed by atoms with Crippen molar-refractivity contribution < 1.29 is 14.7 Å². The van der Waals surface area contributed by atoms with Crippen molar-refractivity contribution in [3.63, 3.8) is 0 Å². The van der Waals surface area contributed by atoms with Gasteiger partial charge in [0.2, 0.25) is 5.91 Å². The number of anilines is 1.